The van der Waals surface area contributed by atoms with Gasteiger partial charge >= 0.3 is 0 Å². The van der Waals surface area contributed by atoms with Gasteiger partial charge in [-0.2, -0.15) is 0 Å². The van der Waals surface area contributed by atoms with E-state index in [-0.39, 0.29) is 33.8 Å². The Kier molecular flexibility index (Phi) is 5.96. The first kappa shape index (κ1) is 16.9. The second-order valence-electron chi connectivity index (χ2n) is 3.42. The summed E-state index contributed by atoms with van der Waals surface area (Å²) >= 11 is 11.6. The molecule has 0 saturated carbocycles. The van der Waals surface area contributed by atoms with E-state index in [2.05, 4.69) is 11.2 Å². The van der Waals surface area contributed by atoms with Crippen LogP contribution in [0.2, 0.25) is 10.0 Å². The highest BCUT2D eigenvalue weighted by atomic mass is 35.7. The van der Waals surface area contributed by atoms with E-state index in [0.29, 0.717) is 0 Å². The van der Waals surface area contributed by atoms with Crippen LogP contribution in [0.5, 0.6) is 5.75 Å². The Hall–Kier alpha value is -1.13. The van der Waals surface area contributed by atoms with Crippen molar-refractivity contribution in [2.75, 3.05) is 13.2 Å². The molecule has 0 heterocycles. The van der Waals surface area contributed by atoms with Crippen molar-refractivity contribution < 1.29 is 17.9 Å². The molecule has 0 fully saturated rings. The van der Waals surface area contributed by atoms with Crippen LogP contribution in [0.15, 0.2) is 17.0 Å². The fraction of sp³-hybridized carbons (Fsp3) is 0.182. The number of terminal acetylenes is 1. The molecule has 0 aliphatic heterocycles. The van der Waals surface area contributed by atoms with Crippen LogP contribution in [-0.4, -0.2) is 27.5 Å². The van der Waals surface area contributed by atoms with E-state index in [1.54, 1.807) is 0 Å². The van der Waals surface area contributed by atoms with Gasteiger partial charge < -0.3 is 10.1 Å². The van der Waals surface area contributed by atoms with Crippen LogP contribution in [0, 0.1) is 12.3 Å². The summed E-state index contributed by atoms with van der Waals surface area (Å²) in [6.07, 6.45) is 4.97. The highest BCUT2D eigenvalue weighted by molar-refractivity contribution is 8.13. The Morgan fingerprint density at radius 1 is 1.35 bits per heavy atom. The maximum atomic E-state index is 11.3. The lowest BCUT2D eigenvalue weighted by Gasteiger charge is -2.09. The van der Waals surface area contributed by atoms with Crippen LogP contribution >= 0.6 is 33.9 Å². The number of carbonyl (C=O) groups excluding carboxylic acids is 1. The minimum atomic E-state index is -4.02. The van der Waals surface area contributed by atoms with Crippen molar-refractivity contribution in [3.8, 4) is 18.1 Å². The van der Waals surface area contributed by atoms with E-state index in [1.807, 2.05) is 0 Å². The first-order chi connectivity index (χ1) is 9.25. The minimum Gasteiger partial charge on any atom is -0.482 e. The molecule has 0 aliphatic carbocycles. The molecule has 0 radical (unpaired) electrons. The average molecular weight is 357 g/mol. The van der Waals surface area contributed by atoms with Crippen LogP contribution < -0.4 is 10.1 Å². The number of benzene rings is 1. The Balaban J connectivity index is 2.87. The first-order valence-electron chi connectivity index (χ1n) is 5.02. The molecule has 1 aromatic carbocycles. The highest BCUT2D eigenvalue weighted by Crippen LogP contribution is 2.34. The van der Waals surface area contributed by atoms with Crippen molar-refractivity contribution in [3.05, 3.63) is 22.2 Å². The van der Waals surface area contributed by atoms with E-state index in [4.69, 9.17) is 45.0 Å². The van der Waals surface area contributed by atoms with Gasteiger partial charge in [-0.3, -0.25) is 4.79 Å². The summed E-state index contributed by atoms with van der Waals surface area (Å²) in [5.74, 6) is 1.82. The second kappa shape index (κ2) is 7.04. The van der Waals surface area contributed by atoms with Gasteiger partial charge in [0.2, 0.25) is 0 Å². The van der Waals surface area contributed by atoms with Gasteiger partial charge in [-0.15, -0.1) is 6.42 Å². The maximum absolute atomic E-state index is 11.3. The lowest BCUT2D eigenvalue weighted by Crippen LogP contribution is -2.29. The molecule has 108 valence electrons. The van der Waals surface area contributed by atoms with Crippen LogP contribution in [0.1, 0.15) is 0 Å². The summed E-state index contributed by atoms with van der Waals surface area (Å²) in [7, 11) is 1.16. The molecule has 0 aliphatic rings. The standard InChI is InChI=1S/C11H8Cl3NO4S/c1-2-3-15-11(16)6-19-9-4-8(13)10(5-7(9)12)20(14,17)18/h1,4-5H,3,6H2,(H,15,16). The lowest BCUT2D eigenvalue weighted by molar-refractivity contribution is -0.122. The second-order valence-corrected chi connectivity index (χ2v) is 6.77. The van der Waals surface area contributed by atoms with E-state index in [0.717, 1.165) is 12.1 Å². The molecular weight excluding hydrogens is 349 g/mol. The van der Waals surface area contributed by atoms with Gasteiger partial charge in [0, 0.05) is 16.7 Å². The van der Waals surface area contributed by atoms with Crippen LogP contribution in [0.3, 0.4) is 0 Å². The van der Waals surface area contributed by atoms with E-state index < -0.39 is 15.0 Å². The quantitative estimate of drug-likeness (QED) is 0.647. The van der Waals surface area contributed by atoms with Crippen LogP contribution in [-0.2, 0) is 13.8 Å². The molecule has 20 heavy (non-hydrogen) atoms. The zero-order chi connectivity index (χ0) is 15.3. The fourth-order valence-corrected chi connectivity index (χ4v) is 2.94. The van der Waals surface area contributed by atoms with Crippen molar-refractivity contribution in [2.45, 2.75) is 4.90 Å². The van der Waals surface area contributed by atoms with Crippen LogP contribution in [0.25, 0.3) is 0 Å². The van der Waals surface area contributed by atoms with Crippen molar-refractivity contribution in [1.82, 2.24) is 5.32 Å². The molecule has 0 bridgehead atoms. The number of ether oxygens (including phenoxy) is 1. The molecule has 1 amide bonds. The van der Waals surface area contributed by atoms with E-state index in [9.17, 15) is 13.2 Å². The molecule has 0 spiro atoms. The van der Waals surface area contributed by atoms with Gasteiger partial charge in [0.1, 0.15) is 10.6 Å². The Morgan fingerprint density at radius 3 is 2.55 bits per heavy atom. The third-order valence-corrected chi connectivity index (χ3v) is 4.08. The molecular formula is C11H8Cl3NO4S. The van der Waals surface area contributed by atoms with Gasteiger partial charge in [-0.25, -0.2) is 8.42 Å². The molecule has 0 saturated heterocycles. The summed E-state index contributed by atoms with van der Waals surface area (Å²) in [4.78, 5) is 10.9. The van der Waals surface area contributed by atoms with Crippen molar-refractivity contribution in [1.29, 1.82) is 0 Å². The predicted molar refractivity (Wildman–Crippen MR) is 76.8 cm³/mol. The fourth-order valence-electron chi connectivity index (χ4n) is 1.15. The molecule has 1 N–H and O–H groups in total. The smallest absolute Gasteiger partial charge is 0.262 e. The third kappa shape index (κ3) is 4.76. The summed E-state index contributed by atoms with van der Waals surface area (Å²) in [5.41, 5.74) is 0. The molecule has 1 rings (SSSR count). The van der Waals surface area contributed by atoms with Gasteiger partial charge in [-0.05, 0) is 6.07 Å². The number of nitrogens with one attached hydrogen (secondary N) is 1. The average Bonchev–Trinajstić information content (AvgIpc) is 2.35. The maximum Gasteiger partial charge on any atom is 0.262 e. The Bertz CT molecular complexity index is 667. The van der Waals surface area contributed by atoms with Gasteiger partial charge in [-0.1, -0.05) is 29.1 Å². The molecule has 0 unspecified atom stereocenters. The first-order valence-corrected chi connectivity index (χ1v) is 8.09. The topological polar surface area (TPSA) is 72.5 Å². The van der Waals surface area contributed by atoms with E-state index in [1.165, 1.54) is 0 Å². The molecule has 1 aromatic rings. The Labute approximate surface area is 130 Å². The predicted octanol–water partition coefficient (Wildman–Crippen LogP) is 2.05. The molecule has 0 aromatic heterocycles. The van der Waals surface area contributed by atoms with Gasteiger partial charge in [0.05, 0.1) is 16.6 Å². The number of hydrogen-bond acceptors (Lipinski definition) is 4. The van der Waals surface area contributed by atoms with Gasteiger partial charge in [0.15, 0.2) is 6.61 Å². The summed E-state index contributed by atoms with van der Waals surface area (Å²) in [6, 6.07) is 2.20. The number of halogens is 3. The van der Waals surface area contributed by atoms with Crippen molar-refractivity contribution >= 4 is 48.8 Å². The molecule has 9 heteroatoms. The monoisotopic (exact) mass is 355 g/mol. The number of rotatable bonds is 5. The van der Waals surface area contributed by atoms with E-state index >= 15 is 0 Å². The zero-order valence-electron chi connectivity index (χ0n) is 9.82. The molecule has 0 atom stereocenters. The minimum absolute atomic E-state index is 0.0432. The summed E-state index contributed by atoms with van der Waals surface area (Å²) < 4.78 is 27.5. The number of amides is 1. The summed E-state index contributed by atoms with van der Waals surface area (Å²) in [5, 5.41) is 2.17. The highest BCUT2D eigenvalue weighted by Gasteiger charge is 2.18. The SMILES string of the molecule is C#CCNC(=O)COc1cc(Cl)c(S(=O)(=O)Cl)cc1Cl. The van der Waals surface area contributed by atoms with Crippen molar-refractivity contribution in [3.63, 3.8) is 0 Å². The van der Waals surface area contributed by atoms with Crippen LogP contribution in [0.4, 0.5) is 0 Å². The van der Waals surface area contributed by atoms with Crippen molar-refractivity contribution in [2.24, 2.45) is 0 Å². The normalized spacial score (nSPS) is 10.7. The lowest BCUT2D eigenvalue weighted by atomic mass is 10.3. The number of hydrogen-bond donors (Lipinski definition) is 1. The zero-order valence-corrected chi connectivity index (χ0v) is 12.9. The largest absolute Gasteiger partial charge is 0.482 e. The summed E-state index contributed by atoms with van der Waals surface area (Å²) in [6.45, 7) is -0.273. The Morgan fingerprint density at radius 2 is 2.00 bits per heavy atom. The van der Waals surface area contributed by atoms with Gasteiger partial charge in [0.25, 0.3) is 15.0 Å². The number of carbonyl (C=O) groups is 1. The molecule has 5 nitrogen and oxygen atoms in total. The third-order valence-electron chi connectivity index (χ3n) is 2.00.